The number of pyridine rings is 1. The molecule has 0 spiro atoms. The lowest BCUT2D eigenvalue weighted by molar-refractivity contribution is 1.18. The Morgan fingerprint density at radius 2 is 2.30 bits per heavy atom. The summed E-state index contributed by atoms with van der Waals surface area (Å²) >= 11 is 5.69. The Bertz CT molecular complexity index is 286. The number of aromatic nitrogens is 1. The lowest BCUT2D eigenvalue weighted by Gasteiger charge is -1.94. The molecule has 1 heterocycles. The van der Waals surface area contributed by atoms with Gasteiger partial charge in [-0.25, -0.2) is 4.98 Å². The summed E-state index contributed by atoms with van der Waals surface area (Å²) < 4.78 is 0. The van der Waals surface area contributed by atoms with Crippen molar-refractivity contribution >= 4 is 11.6 Å². The van der Waals surface area contributed by atoms with Gasteiger partial charge in [0.05, 0.1) is 5.02 Å². The van der Waals surface area contributed by atoms with E-state index in [1.807, 2.05) is 13.0 Å². The zero-order chi connectivity index (χ0) is 7.56. The van der Waals surface area contributed by atoms with Gasteiger partial charge in [-0.15, -0.1) is 6.42 Å². The second kappa shape index (κ2) is 2.72. The quantitative estimate of drug-likeness (QED) is 0.517. The summed E-state index contributed by atoms with van der Waals surface area (Å²) in [6, 6.07) is 3.57. The Morgan fingerprint density at radius 3 is 2.80 bits per heavy atom. The first kappa shape index (κ1) is 7.11. The molecule has 10 heavy (non-hydrogen) atoms. The van der Waals surface area contributed by atoms with Crippen LogP contribution in [0.15, 0.2) is 12.1 Å². The first-order valence-electron chi connectivity index (χ1n) is 2.84. The molecule has 1 aromatic heterocycles. The molecule has 0 radical (unpaired) electrons. The highest BCUT2D eigenvalue weighted by molar-refractivity contribution is 6.31. The molecular weight excluding hydrogens is 146 g/mol. The molecule has 0 amide bonds. The van der Waals surface area contributed by atoms with Gasteiger partial charge in [-0.3, -0.25) is 0 Å². The lowest BCUT2D eigenvalue weighted by Crippen LogP contribution is -1.86. The topological polar surface area (TPSA) is 12.9 Å². The number of aryl methyl sites for hydroxylation is 1. The van der Waals surface area contributed by atoms with Crippen LogP contribution in [0.5, 0.6) is 0 Å². The summed E-state index contributed by atoms with van der Waals surface area (Å²) in [5.41, 5.74) is 1.40. The van der Waals surface area contributed by atoms with E-state index in [1.54, 1.807) is 6.07 Å². The van der Waals surface area contributed by atoms with Crippen LogP contribution in [0.25, 0.3) is 0 Å². The number of terminal acetylenes is 1. The van der Waals surface area contributed by atoms with Crippen molar-refractivity contribution in [1.82, 2.24) is 4.98 Å². The zero-order valence-corrected chi connectivity index (χ0v) is 6.31. The van der Waals surface area contributed by atoms with Crippen molar-refractivity contribution in [2.45, 2.75) is 6.92 Å². The van der Waals surface area contributed by atoms with Gasteiger partial charge in [0.2, 0.25) is 0 Å². The minimum absolute atomic E-state index is 0.515. The van der Waals surface area contributed by atoms with Crippen LogP contribution in [0.3, 0.4) is 0 Å². The number of nitrogens with zero attached hydrogens (tertiary/aromatic N) is 1. The maximum atomic E-state index is 5.69. The van der Waals surface area contributed by atoms with E-state index in [2.05, 4.69) is 10.9 Å². The van der Waals surface area contributed by atoms with Crippen molar-refractivity contribution in [2.24, 2.45) is 0 Å². The first-order chi connectivity index (χ1) is 4.74. The molecule has 1 nitrogen and oxygen atoms in total. The normalized spacial score (nSPS) is 8.90. The summed E-state index contributed by atoms with van der Waals surface area (Å²) in [7, 11) is 0. The zero-order valence-electron chi connectivity index (χ0n) is 5.56. The van der Waals surface area contributed by atoms with Crippen LogP contribution in [0.4, 0.5) is 0 Å². The van der Waals surface area contributed by atoms with Gasteiger partial charge in [-0.2, -0.15) is 0 Å². The van der Waals surface area contributed by atoms with E-state index >= 15 is 0 Å². The second-order valence-corrected chi connectivity index (χ2v) is 2.33. The third-order valence-electron chi connectivity index (χ3n) is 1.12. The first-order valence-corrected chi connectivity index (χ1v) is 3.21. The molecule has 0 aliphatic rings. The molecule has 0 fully saturated rings. The van der Waals surface area contributed by atoms with E-state index in [1.165, 1.54) is 0 Å². The van der Waals surface area contributed by atoms with Crippen molar-refractivity contribution < 1.29 is 0 Å². The summed E-state index contributed by atoms with van der Waals surface area (Å²) in [5.74, 6) is 2.39. The highest BCUT2D eigenvalue weighted by Crippen LogP contribution is 2.11. The van der Waals surface area contributed by atoms with Gasteiger partial charge in [0, 0.05) is 5.69 Å². The summed E-state index contributed by atoms with van der Waals surface area (Å²) in [6.07, 6.45) is 5.12. The number of hydrogen-bond acceptors (Lipinski definition) is 1. The fourth-order valence-corrected chi connectivity index (χ4v) is 0.801. The van der Waals surface area contributed by atoms with E-state index < -0.39 is 0 Å². The minimum atomic E-state index is 0.515. The van der Waals surface area contributed by atoms with Gasteiger partial charge in [-0.1, -0.05) is 11.6 Å². The van der Waals surface area contributed by atoms with Gasteiger partial charge < -0.3 is 0 Å². The lowest BCUT2D eigenvalue weighted by atomic mass is 10.3. The van der Waals surface area contributed by atoms with Crippen LogP contribution in [0, 0.1) is 19.3 Å². The van der Waals surface area contributed by atoms with Crippen molar-refractivity contribution in [1.29, 1.82) is 0 Å². The standard InChI is InChI=1S/C8H6ClN/c1-3-8-7(9)5-4-6(2)10-8/h1,4-5H,2H3. The van der Waals surface area contributed by atoms with Gasteiger partial charge in [0.25, 0.3) is 0 Å². The average molecular weight is 152 g/mol. The van der Waals surface area contributed by atoms with Gasteiger partial charge in [0.1, 0.15) is 5.69 Å². The van der Waals surface area contributed by atoms with Crippen molar-refractivity contribution in [3.63, 3.8) is 0 Å². The molecule has 0 atom stereocenters. The third kappa shape index (κ3) is 1.29. The molecule has 0 saturated heterocycles. The van der Waals surface area contributed by atoms with Crippen LogP contribution in [0.2, 0.25) is 5.02 Å². The van der Waals surface area contributed by atoms with Gasteiger partial charge in [-0.05, 0) is 25.0 Å². The van der Waals surface area contributed by atoms with Gasteiger partial charge in [0.15, 0.2) is 0 Å². The highest BCUT2D eigenvalue weighted by atomic mass is 35.5. The predicted molar refractivity (Wildman–Crippen MR) is 41.9 cm³/mol. The monoisotopic (exact) mass is 151 g/mol. The smallest absolute Gasteiger partial charge is 0.131 e. The molecule has 1 aromatic rings. The molecule has 0 bridgehead atoms. The Balaban J connectivity index is 3.25. The Labute approximate surface area is 65.0 Å². The largest absolute Gasteiger partial charge is 0.243 e. The number of hydrogen-bond donors (Lipinski definition) is 0. The van der Waals surface area contributed by atoms with E-state index in [9.17, 15) is 0 Å². The molecular formula is C8H6ClN. The molecule has 0 aromatic carbocycles. The van der Waals surface area contributed by atoms with E-state index in [0.717, 1.165) is 5.69 Å². The van der Waals surface area contributed by atoms with Crippen LogP contribution < -0.4 is 0 Å². The molecule has 0 N–H and O–H groups in total. The van der Waals surface area contributed by atoms with Crippen molar-refractivity contribution in [2.75, 3.05) is 0 Å². The predicted octanol–water partition coefficient (Wildman–Crippen LogP) is 2.02. The molecule has 1 rings (SSSR count). The number of halogens is 1. The summed E-state index contributed by atoms with van der Waals surface area (Å²) in [5, 5.41) is 0.535. The summed E-state index contributed by atoms with van der Waals surface area (Å²) in [4.78, 5) is 4.02. The molecule has 0 saturated carbocycles. The maximum Gasteiger partial charge on any atom is 0.131 e. The maximum absolute atomic E-state index is 5.69. The SMILES string of the molecule is C#Cc1nc(C)ccc1Cl. The molecule has 0 unspecified atom stereocenters. The van der Waals surface area contributed by atoms with E-state index in [4.69, 9.17) is 18.0 Å². The Hall–Kier alpha value is -1.00. The highest BCUT2D eigenvalue weighted by Gasteiger charge is 1.96. The van der Waals surface area contributed by atoms with Crippen molar-refractivity contribution in [3.05, 3.63) is 28.5 Å². The van der Waals surface area contributed by atoms with Crippen LogP contribution in [0.1, 0.15) is 11.4 Å². The third-order valence-corrected chi connectivity index (χ3v) is 1.43. The summed E-state index contributed by atoms with van der Waals surface area (Å²) in [6.45, 7) is 1.87. The molecule has 0 aliphatic carbocycles. The number of rotatable bonds is 0. The van der Waals surface area contributed by atoms with E-state index in [0.29, 0.717) is 10.7 Å². The van der Waals surface area contributed by atoms with Crippen LogP contribution in [-0.4, -0.2) is 4.98 Å². The molecule has 50 valence electrons. The fourth-order valence-electron chi connectivity index (χ4n) is 0.641. The van der Waals surface area contributed by atoms with Crippen LogP contribution in [-0.2, 0) is 0 Å². The fraction of sp³-hybridized carbons (Fsp3) is 0.125. The molecule has 2 heteroatoms. The van der Waals surface area contributed by atoms with Gasteiger partial charge >= 0.3 is 0 Å². The van der Waals surface area contributed by atoms with Crippen LogP contribution >= 0.6 is 11.6 Å². The second-order valence-electron chi connectivity index (χ2n) is 1.93. The Kier molecular flexibility index (Phi) is 1.94. The van der Waals surface area contributed by atoms with Crippen molar-refractivity contribution in [3.8, 4) is 12.3 Å². The Morgan fingerprint density at radius 1 is 1.60 bits per heavy atom. The minimum Gasteiger partial charge on any atom is -0.243 e. The molecule has 0 aliphatic heterocycles. The average Bonchev–Trinajstić information content (AvgIpc) is 1.94. The van der Waals surface area contributed by atoms with E-state index in [-0.39, 0.29) is 0 Å².